The van der Waals surface area contributed by atoms with Gasteiger partial charge in [0.15, 0.2) is 0 Å². The second kappa shape index (κ2) is 12.0. The fourth-order valence-electron chi connectivity index (χ4n) is 4.86. The van der Waals surface area contributed by atoms with E-state index < -0.39 is 0 Å². The minimum Gasteiger partial charge on any atom is -0.0622 e. The summed E-state index contributed by atoms with van der Waals surface area (Å²) in [5.74, 6) is 1.96. The van der Waals surface area contributed by atoms with E-state index >= 15 is 0 Å². The Balaban J connectivity index is 1.43. The normalized spacial score (nSPS) is 15.3. The zero-order valence-electron chi connectivity index (χ0n) is 17.1. The highest BCUT2D eigenvalue weighted by Gasteiger charge is 2.16. The van der Waals surface area contributed by atoms with Gasteiger partial charge in [-0.3, -0.25) is 0 Å². The van der Waals surface area contributed by atoms with Crippen LogP contribution in [-0.4, -0.2) is 0 Å². The molecule has 0 heterocycles. The molecule has 0 amide bonds. The van der Waals surface area contributed by atoms with Crippen LogP contribution in [0.4, 0.5) is 0 Å². The van der Waals surface area contributed by atoms with Crippen LogP contribution in [0.15, 0.2) is 60.7 Å². The highest BCUT2D eigenvalue weighted by Crippen LogP contribution is 2.31. The van der Waals surface area contributed by atoms with Gasteiger partial charge in [0, 0.05) is 0 Å². The van der Waals surface area contributed by atoms with E-state index in [0.717, 1.165) is 11.8 Å². The second-order valence-corrected chi connectivity index (χ2v) is 8.70. The summed E-state index contributed by atoms with van der Waals surface area (Å²) in [6, 6.07) is 22.1. The molecule has 27 heavy (non-hydrogen) atoms. The average molecular weight is 363 g/mol. The molecule has 0 spiro atoms. The van der Waals surface area contributed by atoms with E-state index in [-0.39, 0.29) is 0 Å². The molecule has 1 saturated carbocycles. The predicted molar refractivity (Wildman–Crippen MR) is 118 cm³/mol. The molecule has 0 N–H and O–H groups in total. The molecule has 0 aromatic heterocycles. The van der Waals surface area contributed by atoms with E-state index in [4.69, 9.17) is 0 Å². The zero-order valence-corrected chi connectivity index (χ0v) is 17.1. The number of benzene rings is 2. The summed E-state index contributed by atoms with van der Waals surface area (Å²) in [6.45, 7) is 0. The third-order valence-electron chi connectivity index (χ3n) is 6.55. The van der Waals surface area contributed by atoms with Crippen molar-refractivity contribution >= 4 is 0 Å². The first-order valence-electron chi connectivity index (χ1n) is 11.5. The molecule has 1 aliphatic rings. The van der Waals surface area contributed by atoms with Gasteiger partial charge in [0.2, 0.25) is 0 Å². The van der Waals surface area contributed by atoms with Crippen LogP contribution < -0.4 is 0 Å². The molecule has 0 bridgehead atoms. The number of rotatable bonds is 11. The molecule has 0 aliphatic heterocycles. The quantitative estimate of drug-likeness (QED) is 0.380. The molecule has 0 radical (unpaired) electrons. The van der Waals surface area contributed by atoms with Crippen molar-refractivity contribution in [2.75, 3.05) is 0 Å². The lowest BCUT2D eigenvalue weighted by Crippen LogP contribution is -2.10. The molecule has 2 aromatic carbocycles. The van der Waals surface area contributed by atoms with Crippen LogP contribution in [0.25, 0.3) is 0 Å². The van der Waals surface area contributed by atoms with Crippen molar-refractivity contribution in [3.8, 4) is 0 Å². The van der Waals surface area contributed by atoms with Gasteiger partial charge in [-0.15, -0.1) is 0 Å². The molecule has 3 rings (SSSR count). The van der Waals surface area contributed by atoms with Gasteiger partial charge in [0.1, 0.15) is 0 Å². The Labute approximate surface area is 167 Å². The maximum atomic E-state index is 2.28. The lowest BCUT2D eigenvalue weighted by Gasteiger charge is -2.24. The van der Waals surface area contributed by atoms with Crippen LogP contribution in [-0.2, 0) is 12.8 Å². The number of aryl methyl sites for hydroxylation is 2. The Morgan fingerprint density at radius 2 is 1.15 bits per heavy atom. The van der Waals surface area contributed by atoms with Crippen LogP contribution >= 0.6 is 0 Å². The second-order valence-electron chi connectivity index (χ2n) is 8.70. The molecule has 0 atom stereocenters. The summed E-state index contributed by atoms with van der Waals surface area (Å²) in [5.41, 5.74) is 3.01. The van der Waals surface area contributed by atoms with Crippen LogP contribution in [0.5, 0.6) is 0 Å². The SMILES string of the molecule is c1ccc(CCCC(CCCc2ccccc2)CCC2CCCCC2)cc1. The van der Waals surface area contributed by atoms with Crippen LogP contribution in [0, 0.1) is 11.8 Å². The van der Waals surface area contributed by atoms with E-state index in [9.17, 15) is 0 Å². The molecule has 1 fully saturated rings. The highest BCUT2D eigenvalue weighted by atomic mass is 14.2. The standard InChI is InChI=1S/C27H38/c1-4-12-24(13-5-1)18-10-20-27(23-22-26-16-8-3-9-17-26)21-11-19-25-14-6-2-7-15-25/h1-2,4-7,12-15,26-27H,3,8-11,16-23H2. The molecule has 2 aromatic rings. The van der Waals surface area contributed by atoms with Crippen molar-refractivity contribution in [1.82, 2.24) is 0 Å². The number of hydrogen-bond acceptors (Lipinski definition) is 0. The van der Waals surface area contributed by atoms with Gasteiger partial charge < -0.3 is 0 Å². The Kier molecular flexibility index (Phi) is 8.98. The van der Waals surface area contributed by atoms with Gasteiger partial charge in [-0.1, -0.05) is 118 Å². The van der Waals surface area contributed by atoms with Gasteiger partial charge in [0.25, 0.3) is 0 Å². The summed E-state index contributed by atoms with van der Waals surface area (Å²) < 4.78 is 0. The van der Waals surface area contributed by atoms with Crippen LogP contribution in [0.3, 0.4) is 0 Å². The summed E-state index contributed by atoms with van der Waals surface area (Å²) >= 11 is 0. The maximum Gasteiger partial charge on any atom is -0.0279 e. The minimum absolute atomic E-state index is 0.930. The molecule has 1 aliphatic carbocycles. The zero-order chi connectivity index (χ0) is 18.6. The summed E-state index contributed by atoms with van der Waals surface area (Å²) in [5, 5.41) is 0. The van der Waals surface area contributed by atoms with Gasteiger partial charge in [-0.05, 0) is 48.6 Å². The van der Waals surface area contributed by atoms with E-state index in [1.54, 1.807) is 0 Å². The van der Waals surface area contributed by atoms with Crippen molar-refractivity contribution < 1.29 is 0 Å². The average Bonchev–Trinajstić information content (AvgIpc) is 2.74. The lowest BCUT2D eigenvalue weighted by molar-refractivity contribution is 0.291. The van der Waals surface area contributed by atoms with Gasteiger partial charge in [0.05, 0.1) is 0 Å². The van der Waals surface area contributed by atoms with Crippen molar-refractivity contribution in [3.63, 3.8) is 0 Å². The Bertz CT molecular complexity index is 549. The third-order valence-corrected chi connectivity index (χ3v) is 6.55. The predicted octanol–water partition coefficient (Wildman–Crippen LogP) is 8.01. The minimum atomic E-state index is 0.930. The first-order valence-corrected chi connectivity index (χ1v) is 11.5. The largest absolute Gasteiger partial charge is 0.0622 e. The van der Waals surface area contributed by atoms with Crippen molar-refractivity contribution in [3.05, 3.63) is 71.8 Å². The lowest BCUT2D eigenvalue weighted by atomic mass is 9.82. The van der Waals surface area contributed by atoms with E-state index in [0.29, 0.717) is 0 Å². The smallest absolute Gasteiger partial charge is 0.0279 e. The Morgan fingerprint density at radius 1 is 0.630 bits per heavy atom. The van der Waals surface area contributed by atoms with Crippen molar-refractivity contribution in [1.29, 1.82) is 0 Å². The molecule has 0 saturated heterocycles. The van der Waals surface area contributed by atoms with E-state index in [1.165, 1.54) is 94.6 Å². The van der Waals surface area contributed by atoms with Crippen molar-refractivity contribution in [2.24, 2.45) is 11.8 Å². The number of hydrogen-bond donors (Lipinski definition) is 0. The highest BCUT2D eigenvalue weighted by molar-refractivity contribution is 5.15. The topological polar surface area (TPSA) is 0 Å². The van der Waals surface area contributed by atoms with Crippen LogP contribution in [0.1, 0.15) is 81.8 Å². The summed E-state index contributed by atoms with van der Waals surface area (Å²) in [7, 11) is 0. The molecule has 0 heteroatoms. The Morgan fingerprint density at radius 3 is 1.67 bits per heavy atom. The molecule has 0 nitrogen and oxygen atoms in total. The monoisotopic (exact) mass is 362 g/mol. The van der Waals surface area contributed by atoms with E-state index in [1.807, 2.05) is 0 Å². The first-order chi connectivity index (χ1) is 13.4. The molecular weight excluding hydrogens is 324 g/mol. The summed E-state index contributed by atoms with van der Waals surface area (Å²) in [4.78, 5) is 0. The van der Waals surface area contributed by atoms with Gasteiger partial charge in [-0.25, -0.2) is 0 Å². The molecular formula is C27H38. The molecule has 0 unspecified atom stereocenters. The maximum absolute atomic E-state index is 2.28. The van der Waals surface area contributed by atoms with Crippen LogP contribution in [0.2, 0.25) is 0 Å². The summed E-state index contributed by atoms with van der Waals surface area (Å²) in [6.07, 6.45) is 18.4. The van der Waals surface area contributed by atoms with Crippen molar-refractivity contribution in [2.45, 2.75) is 83.5 Å². The van der Waals surface area contributed by atoms with Gasteiger partial charge >= 0.3 is 0 Å². The first kappa shape index (κ1) is 20.2. The van der Waals surface area contributed by atoms with E-state index in [2.05, 4.69) is 60.7 Å². The third kappa shape index (κ3) is 7.91. The Hall–Kier alpha value is -1.56. The van der Waals surface area contributed by atoms with Gasteiger partial charge in [-0.2, -0.15) is 0 Å². The fraction of sp³-hybridized carbons (Fsp3) is 0.556. The molecule has 146 valence electrons. The fourth-order valence-corrected chi connectivity index (χ4v) is 4.86.